The summed E-state index contributed by atoms with van der Waals surface area (Å²) >= 11 is 7.33. The maximum Gasteiger partial charge on any atom is 0.266 e. The van der Waals surface area contributed by atoms with Crippen LogP contribution in [0.1, 0.15) is 49.0 Å². The number of carbonyl (C=O) groups is 1. The summed E-state index contributed by atoms with van der Waals surface area (Å²) in [6.07, 6.45) is 2.12. The van der Waals surface area contributed by atoms with Gasteiger partial charge in [-0.2, -0.15) is 0 Å². The Bertz CT molecular complexity index is 1290. The van der Waals surface area contributed by atoms with Gasteiger partial charge in [0.25, 0.3) is 5.91 Å². The van der Waals surface area contributed by atoms with Crippen molar-refractivity contribution in [1.29, 1.82) is 0 Å². The number of nitrogens with one attached hydrogen (secondary N) is 2. The molecular formula is C30H33Br2N3O4. The minimum Gasteiger partial charge on any atom is -0.494 e. The van der Waals surface area contributed by atoms with E-state index in [1.165, 1.54) is 0 Å². The lowest BCUT2D eigenvalue weighted by Crippen LogP contribution is -2.54. The van der Waals surface area contributed by atoms with Crippen molar-refractivity contribution in [2.24, 2.45) is 4.99 Å². The molecule has 0 bridgehead atoms. The predicted molar refractivity (Wildman–Crippen MR) is 160 cm³/mol. The lowest BCUT2D eigenvalue weighted by molar-refractivity contribution is -0.130. The Labute approximate surface area is 246 Å². The number of nitrogens with zero attached hydrogens (tertiary/aromatic N) is 1. The van der Waals surface area contributed by atoms with Gasteiger partial charge >= 0.3 is 0 Å². The van der Waals surface area contributed by atoms with E-state index < -0.39 is 11.6 Å². The molecule has 0 aromatic heterocycles. The van der Waals surface area contributed by atoms with Crippen LogP contribution in [-0.2, 0) is 16.0 Å². The number of halogens is 2. The van der Waals surface area contributed by atoms with Gasteiger partial charge in [0.2, 0.25) is 5.90 Å². The Morgan fingerprint density at radius 1 is 1.03 bits per heavy atom. The number of unbranched alkanes of at least 4 members (excludes halogenated alkanes) is 1. The molecule has 206 valence electrons. The van der Waals surface area contributed by atoms with Crippen molar-refractivity contribution in [3.63, 3.8) is 0 Å². The lowest BCUT2D eigenvalue weighted by atomic mass is 9.82. The Balaban J connectivity index is 1.77. The molecule has 0 spiro atoms. The number of ether oxygens (including phenoxy) is 2. The van der Waals surface area contributed by atoms with Gasteiger partial charge in [0.05, 0.1) is 6.61 Å². The fourth-order valence-electron chi connectivity index (χ4n) is 4.40. The van der Waals surface area contributed by atoms with E-state index in [1.807, 2.05) is 72.8 Å². The minimum absolute atomic E-state index is 0.0775. The molecule has 4 rings (SSSR count). The van der Waals surface area contributed by atoms with Gasteiger partial charge in [0.1, 0.15) is 5.75 Å². The van der Waals surface area contributed by atoms with Crippen molar-refractivity contribution in [3.05, 3.63) is 98.4 Å². The molecule has 39 heavy (non-hydrogen) atoms. The van der Waals surface area contributed by atoms with Crippen molar-refractivity contribution in [3.8, 4) is 5.75 Å². The second-order valence-electron chi connectivity index (χ2n) is 9.31. The fourth-order valence-corrected chi connectivity index (χ4v) is 5.31. The molecule has 2 atom stereocenters. The maximum atomic E-state index is 14.1. The predicted octanol–water partition coefficient (Wildman–Crippen LogP) is 5.89. The maximum absolute atomic E-state index is 14.1. The van der Waals surface area contributed by atoms with E-state index in [4.69, 9.17) is 19.6 Å². The molecule has 1 heterocycles. The van der Waals surface area contributed by atoms with Crippen molar-refractivity contribution in [1.82, 2.24) is 10.9 Å². The number of hydrogen-bond donors (Lipinski definition) is 3. The zero-order valence-corrected chi connectivity index (χ0v) is 25.0. The van der Waals surface area contributed by atoms with Gasteiger partial charge in [0.15, 0.2) is 11.6 Å². The number of aliphatic imine (C=N–C) groups is 1. The summed E-state index contributed by atoms with van der Waals surface area (Å²) in [6, 6.07) is 23.0. The Hall–Kier alpha value is -2.72. The molecule has 0 unspecified atom stereocenters. The number of hydrogen-bond acceptors (Lipinski definition) is 6. The van der Waals surface area contributed by atoms with Crippen molar-refractivity contribution < 1.29 is 19.4 Å². The largest absolute Gasteiger partial charge is 0.494 e. The standard InChI is InChI=1S/C30H33Br2N3O4/c1-2-3-17-33-35-29(37)30(20-22-9-4-6-11-25(22)31)27(24-10-5-7-12-26(24)32)39-28(34-30)21-13-15-23(16-14-21)38-19-8-18-36/h4-7,9-16,27,33,36H,2-3,8,17-20H2,1H3,(H,35,37)/t27-,30-/m0/s1. The smallest absolute Gasteiger partial charge is 0.266 e. The number of aliphatic hydroxyl groups excluding tert-OH is 1. The van der Waals surface area contributed by atoms with Crippen LogP contribution in [-0.4, -0.2) is 42.2 Å². The monoisotopic (exact) mass is 657 g/mol. The number of benzene rings is 3. The Morgan fingerprint density at radius 2 is 1.74 bits per heavy atom. The number of rotatable bonds is 13. The van der Waals surface area contributed by atoms with Crippen molar-refractivity contribution in [2.45, 2.75) is 44.2 Å². The van der Waals surface area contributed by atoms with E-state index in [0.29, 0.717) is 37.6 Å². The molecule has 3 N–H and O–H groups in total. The van der Waals surface area contributed by atoms with E-state index in [2.05, 4.69) is 49.6 Å². The van der Waals surface area contributed by atoms with Gasteiger partial charge in [0, 0.05) is 46.1 Å². The number of aliphatic hydroxyl groups is 1. The summed E-state index contributed by atoms with van der Waals surface area (Å²) in [4.78, 5) is 19.1. The van der Waals surface area contributed by atoms with Crippen LogP contribution in [0.15, 0.2) is 86.7 Å². The normalized spacial score (nSPS) is 18.4. The highest BCUT2D eigenvalue weighted by Gasteiger charge is 2.54. The van der Waals surface area contributed by atoms with Crippen LogP contribution < -0.4 is 15.6 Å². The van der Waals surface area contributed by atoms with Crippen LogP contribution in [0.5, 0.6) is 5.75 Å². The van der Waals surface area contributed by atoms with Crippen LogP contribution in [0, 0.1) is 0 Å². The first-order chi connectivity index (χ1) is 19.0. The third kappa shape index (κ3) is 7.08. The average Bonchev–Trinajstić information content (AvgIpc) is 3.33. The third-order valence-electron chi connectivity index (χ3n) is 6.49. The molecule has 3 aromatic carbocycles. The highest BCUT2D eigenvalue weighted by atomic mass is 79.9. The number of amides is 1. The molecule has 1 aliphatic heterocycles. The molecule has 0 saturated carbocycles. The molecule has 3 aromatic rings. The van der Waals surface area contributed by atoms with Gasteiger partial charge in [-0.15, -0.1) is 0 Å². The fraction of sp³-hybridized carbons (Fsp3) is 0.333. The second-order valence-corrected chi connectivity index (χ2v) is 11.0. The zero-order valence-electron chi connectivity index (χ0n) is 21.8. The second kappa shape index (κ2) is 14.1. The van der Waals surface area contributed by atoms with Gasteiger partial charge < -0.3 is 14.6 Å². The summed E-state index contributed by atoms with van der Waals surface area (Å²) in [7, 11) is 0. The number of carbonyl (C=O) groups excluding carboxylic acids is 1. The first-order valence-electron chi connectivity index (χ1n) is 13.1. The molecule has 0 saturated heterocycles. The lowest BCUT2D eigenvalue weighted by Gasteiger charge is -2.31. The molecule has 1 amide bonds. The zero-order chi connectivity index (χ0) is 27.7. The van der Waals surface area contributed by atoms with Gasteiger partial charge in [-0.05, 0) is 48.4 Å². The first kappa shape index (κ1) is 29.3. The van der Waals surface area contributed by atoms with Gasteiger partial charge in [-0.25, -0.2) is 10.4 Å². The van der Waals surface area contributed by atoms with Gasteiger partial charge in [-0.3, -0.25) is 10.2 Å². The molecule has 9 heteroatoms. The summed E-state index contributed by atoms with van der Waals surface area (Å²) in [5, 5.41) is 9.01. The Kier molecular flexibility index (Phi) is 10.6. The van der Waals surface area contributed by atoms with E-state index in [-0.39, 0.29) is 12.5 Å². The summed E-state index contributed by atoms with van der Waals surface area (Å²) in [6.45, 7) is 3.26. The quantitative estimate of drug-likeness (QED) is 0.157. The minimum atomic E-state index is -1.29. The van der Waals surface area contributed by atoms with E-state index in [1.54, 1.807) is 0 Å². The van der Waals surface area contributed by atoms with E-state index in [0.717, 1.165) is 38.5 Å². The number of hydrazine groups is 1. The molecule has 0 aliphatic carbocycles. The highest BCUT2D eigenvalue weighted by molar-refractivity contribution is 9.10. The summed E-state index contributed by atoms with van der Waals surface area (Å²) in [5.41, 5.74) is 7.22. The third-order valence-corrected chi connectivity index (χ3v) is 7.99. The SMILES string of the molecule is CCCCNNC(=O)[C@@]1(Cc2ccccc2Br)N=C(c2ccc(OCCCO)cc2)O[C@H]1c1ccccc1Br. The molecule has 0 radical (unpaired) electrons. The topological polar surface area (TPSA) is 92.2 Å². The van der Waals surface area contributed by atoms with Crippen LogP contribution in [0.2, 0.25) is 0 Å². The van der Waals surface area contributed by atoms with E-state index in [9.17, 15) is 4.79 Å². The summed E-state index contributed by atoms with van der Waals surface area (Å²) in [5.74, 6) is 0.799. The average molecular weight is 659 g/mol. The van der Waals surface area contributed by atoms with Crippen molar-refractivity contribution in [2.75, 3.05) is 19.8 Å². The first-order valence-corrected chi connectivity index (χ1v) is 14.7. The summed E-state index contributed by atoms with van der Waals surface area (Å²) < 4.78 is 14.0. The highest BCUT2D eigenvalue weighted by Crippen LogP contribution is 2.45. The molecule has 0 fully saturated rings. The van der Waals surface area contributed by atoms with Crippen molar-refractivity contribution >= 4 is 43.7 Å². The molecule has 7 nitrogen and oxygen atoms in total. The van der Waals surface area contributed by atoms with Crippen LogP contribution in [0.4, 0.5) is 0 Å². The molecular weight excluding hydrogens is 626 g/mol. The Morgan fingerprint density at radius 3 is 2.44 bits per heavy atom. The van der Waals surface area contributed by atoms with Crippen LogP contribution in [0.3, 0.4) is 0 Å². The van der Waals surface area contributed by atoms with E-state index >= 15 is 0 Å². The molecule has 1 aliphatic rings. The van der Waals surface area contributed by atoms with Crippen LogP contribution in [0.25, 0.3) is 0 Å². The van der Waals surface area contributed by atoms with Gasteiger partial charge in [-0.1, -0.05) is 81.6 Å². The van der Waals surface area contributed by atoms with Crippen LogP contribution >= 0.6 is 31.9 Å².